The van der Waals surface area contributed by atoms with Crippen molar-refractivity contribution in [2.24, 2.45) is 0 Å². The Morgan fingerprint density at radius 1 is 1.10 bits per heavy atom. The van der Waals surface area contributed by atoms with Crippen molar-refractivity contribution in [3.05, 3.63) is 65.2 Å². The Kier molecular flexibility index (Phi) is 5.40. The molecule has 5 rings (SSSR count). The number of aliphatic hydroxyl groups excluding tert-OH is 1. The maximum absolute atomic E-state index is 11.2. The molecule has 7 heteroatoms. The molecule has 3 N–H and O–H groups in total. The summed E-state index contributed by atoms with van der Waals surface area (Å²) in [6.45, 7) is 4.59. The van der Waals surface area contributed by atoms with Crippen molar-refractivity contribution in [1.82, 2.24) is 9.88 Å². The van der Waals surface area contributed by atoms with Gasteiger partial charge in [0, 0.05) is 54.0 Å². The summed E-state index contributed by atoms with van der Waals surface area (Å²) in [5, 5.41) is 24.1. The Morgan fingerprint density at radius 3 is 2.71 bits per heavy atom. The highest BCUT2D eigenvalue weighted by Gasteiger charge is 2.20. The van der Waals surface area contributed by atoms with Gasteiger partial charge in [-0.1, -0.05) is 24.3 Å². The van der Waals surface area contributed by atoms with Crippen LogP contribution in [-0.2, 0) is 0 Å². The van der Waals surface area contributed by atoms with Gasteiger partial charge in [-0.05, 0) is 47.0 Å². The van der Waals surface area contributed by atoms with Crippen LogP contribution in [0.2, 0.25) is 0 Å². The number of fused-ring (bicyclic) bond motifs is 2. The van der Waals surface area contributed by atoms with Crippen molar-refractivity contribution in [3.8, 4) is 0 Å². The number of thiophene rings is 1. The highest BCUT2D eigenvalue weighted by Crippen LogP contribution is 2.32. The molecule has 0 amide bonds. The summed E-state index contributed by atoms with van der Waals surface area (Å²) in [7, 11) is 0. The molecule has 1 aliphatic rings. The number of rotatable bonds is 6. The summed E-state index contributed by atoms with van der Waals surface area (Å²) < 4.78 is 1.22. The average Bonchev–Trinajstić information content (AvgIpc) is 3.42. The Labute approximate surface area is 184 Å². The van der Waals surface area contributed by atoms with E-state index in [0.717, 1.165) is 66.7 Å². The first kappa shape index (κ1) is 20.1. The number of hydrogen-bond donors (Lipinski definition) is 3. The minimum absolute atomic E-state index is 0.217. The van der Waals surface area contributed by atoms with Crippen molar-refractivity contribution in [2.45, 2.75) is 12.5 Å². The molecule has 0 aliphatic carbocycles. The third-order valence-electron chi connectivity index (χ3n) is 6.16. The van der Waals surface area contributed by atoms with Crippen LogP contribution in [0.25, 0.3) is 21.0 Å². The Hall–Kier alpha value is -2.87. The van der Waals surface area contributed by atoms with Gasteiger partial charge in [0.05, 0.1) is 6.10 Å². The van der Waals surface area contributed by atoms with Crippen molar-refractivity contribution in [2.75, 3.05) is 37.6 Å². The molecular formula is C24H25N3O3S. The molecule has 0 bridgehead atoms. The predicted molar refractivity (Wildman–Crippen MR) is 125 cm³/mol. The van der Waals surface area contributed by atoms with Crippen LogP contribution in [0.1, 0.15) is 28.6 Å². The number of nitrogens with one attached hydrogen (secondary N) is 1. The molecule has 0 spiro atoms. The van der Waals surface area contributed by atoms with Gasteiger partial charge in [0.15, 0.2) is 0 Å². The molecule has 31 heavy (non-hydrogen) atoms. The smallest absolute Gasteiger partial charge is 0.352 e. The summed E-state index contributed by atoms with van der Waals surface area (Å²) in [6, 6.07) is 16.0. The number of aromatic nitrogens is 1. The number of aliphatic hydroxyl groups is 1. The van der Waals surface area contributed by atoms with Crippen LogP contribution >= 0.6 is 11.3 Å². The van der Waals surface area contributed by atoms with E-state index in [0.29, 0.717) is 0 Å². The van der Waals surface area contributed by atoms with E-state index in [9.17, 15) is 15.0 Å². The molecule has 0 radical (unpaired) electrons. The zero-order chi connectivity index (χ0) is 21.4. The summed E-state index contributed by atoms with van der Waals surface area (Å²) in [6.07, 6.45) is 0.292. The molecule has 1 unspecified atom stereocenters. The van der Waals surface area contributed by atoms with Gasteiger partial charge in [-0.2, -0.15) is 0 Å². The molecule has 2 aromatic carbocycles. The first-order chi connectivity index (χ1) is 15.1. The van der Waals surface area contributed by atoms with E-state index < -0.39 is 12.1 Å². The van der Waals surface area contributed by atoms with E-state index in [2.05, 4.69) is 38.4 Å². The van der Waals surface area contributed by atoms with Gasteiger partial charge in [0.2, 0.25) is 0 Å². The number of carboxylic acid groups (broad SMARTS) is 1. The van der Waals surface area contributed by atoms with Crippen LogP contribution in [-0.4, -0.2) is 58.8 Å². The Balaban J connectivity index is 1.18. The van der Waals surface area contributed by atoms with Gasteiger partial charge < -0.3 is 20.1 Å². The van der Waals surface area contributed by atoms with Crippen LogP contribution in [0.3, 0.4) is 0 Å². The number of carboxylic acids is 1. The van der Waals surface area contributed by atoms with Gasteiger partial charge >= 0.3 is 5.97 Å². The van der Waals surface area contributed by atoms with Gasteiger partial charge in [-0.3, -0.25) is 4.90 Å². The van der Waals surface area contributed by atoms with E-state index in [-0.39, 0.29) is 5.69 Å². The minimum atomic E-state index is -0.941. The third kappa shape index (κ3) is 4.04. The first-order valence-corrected chi connectivity index (χ1v) is 11.4. The lowest BCUT2D eigenvalue weighted by atomic mass is 10.1. The molecule has 1 fully saturated rings. The number of nitrogens with zero attached hydrogens (tertiary/aromatic N) is 2. The maximum Gasteiger partial charge on any atom is 0.352 e. The van der Waals surface area contributed by atoms with Crippen molar-refractivity contribution in [3.63, 3.8) is 0 Å². The predicted octanol–water partition coefficient (Wildman–Crippen LogP) is 4.33. The largest absolute Gasteiger partial charge is 0.477 e. The topological polar surface area (TPSA) is 79.8 Å². The fraction of sp³-hybridized carbons (Fsp3) is 0.292. The van der Waals surface area contributed by atoms with Crippen LogP contribution in [0, 0.1) is 0 Å². The SMILES string of the molecule is O=C(O)c1cc2ccc(N3CCN(CCC(O)c4csc5ccccc45)CC3)cc2[nH]1. The number of anilines is 1. The summed E-state index contributed by atoms with van der Waals surface area (Å²) in [5.74, 6) is -0.941. The van der Waals surface area contributed by atoms with Crippen molar-refractivity contribution < 1.29 is 15.0 Å². The second kappa shape index (κ2) is 8.34. The fourth-order valence-corrected chi connectivity index (χ4v) is 5.38. The lowest BCUT2D eigenvalue weighted by Crippen LogP contribution is -2.46. The highest BCUT2D eigenvalue weighted by molar-refractivity contribution is 7.17. The minimum Gasteiger partial charge on any atom is -0.477 e. The molecule has 1 saturated heterocycles. The van der Waals surface area contributed by atoms with E-state index >= 15 is 0 Å². The molecule has 3 heterocycles. The second-order valence-corrected chi connectivity index (χ2v) is 8.99. The van der Waals surface area contributed by atoms with Gasteiger partial charge in [-0.25, -0.2) is 4.79 Å². The number of piperazine rings is 1. The van der Waals surface area contributed by atoms with Crippen LogP contribution in [0.15, 0.2) is 53.9 Å². The standard InChI is InChI=1S/C24H25N3O3S/c28-22(19-15-31-23-4-2-1-3-18(19)23)7-8-26-9-11-27(12-10-26)17-6-5-16-13-21(24(29)30)25-20(16)14-17/h1-6,13-15,22,25,28H,7-12H2,(H,29,30). The zero-order valence-corrected chi connectivity index (χ0v) is 17.9. The summed E-state index contributed by atoms with van der Waals surface area (Å²) in [4.78, 5) is 18.9. The van der Waals surface area contributed by atoms with E-state index in [1.54, 1.807) is 17.4 Å². The quantitative estimate of drug-likeness (QED) is 0.420. The zero-order valence-electron chi connectivity index (χ0n) is 17.1. The number of carbonyl (C=O) groups is 1. The fourth-order valence-electron chi connectivity index (χ4n) is 4.37. The lowest BCUT2D eigenvalue weighted by molar-refractivity contribution is 0.0691. The normalized spacial score (nSPS) is 16.2. The second-order valence-electron chi connectivity index (χ2n) is 8.08. The van der Waals surface area contributed by atoms with Gasteiger partial charge in [0.1, 0.15) is 5.69 Å². The summed E-state index contributed by atoms with van der Waals surface area (Å²) in [5.41, 5.74) is 3.22. The van der Waals surface area contributed by atoms with Crippen LogP contribution in [0.4, 0.5) is 5.69 Å². The first-order valence-electron chi connectivity index (χ1n) is 10.6. The van der Waals surface area contributed by atoms with Crippen molar-refractivity contribution >= 4 is 44.0 Å². The molecule has 160 valence electrons. The molecule has 1 atom stereocenters. The van der Waals surface area contributed by atoms with E-state index in [1.807, 2.05) is 24.3 Å². The molecular weight excluding hydrogens is 410 g/mol. The Bertz CT molecular complexity index is 1220. The maximum atomic E-state index is 11.2. The highest BCUT2D eigenvalue weighted by atomic mass is 32.1. The number of H-pyrrole nitrogens is 1. The van der Waals surface area contributed by atoms with Gasteiger partial charge in [-0.15, -0.1) is 11.3 Å². The number of hydrogen-bond acceptors (Lipinski definition) is 5. The summed E-state index contributed by atoms with van der Waals surface area (Å²) >= 11 is 1.69. The molecule has 1 aliphatic heterocycles. The number of aromatic amines is 1. The molecule has 2 aromatic heterocycles. The average molecular weight is 436 g/mol. The van der Waals surface area contributed by atoms with Crippen LogP contribution < -0.4 is 4.90 Å². The lowest BCUT2D eigenvalue weighted by Gasteiger charge is -2.36. The monoisotopic (exact) mass is 435 g/mol. The van der Waals surface area contributed by atoms with E-state index in [4.69, 9.17) is 0 Å². The molecule has 0 saturated carbocycles. The number of benzene rings is 2. The Morgan fingerprint density at radius 2 is 1.90 bits per heavy atom. The molecule has 6 nitrogen and oxygen atoms in total. The van der Waals surface area contributed by atoms with Crippen molar-refractivity contribution in [1.29, 1.82) is 0 Å². The van der Waals surface area contributed by atoms with E-state index in [1.165, 1.54) is 4.70 Å². The third-order valence-corrected chi connectivity index (χ3v) is 7.14. The molecule has 4 aromatic rings. The number of aromatic carboxylic acids is 1. The van der Waals surface area contributed by atoms with Crippen LogP contribution in [0.5, 0.6) is 0 Å². The van der Waals surface area contributed by atoms with Gasteiger partial charge in [0.25, 0.3) is 0 Å².